The number of anilines is 1. The third kappa shape index (κ3) is 4.97. The molecule has 1 aliphatic heterocycles. The van der Waals surface area contributed by atoms with Crippen LogP contribution in [0.4, 0.5) is 10.1 Å². The number of hydrogen-bond donors (Lipinski definition) is 1. The summed E-state index contributed by atoms with van der Waals surface area (Å²) >= 11 is 0. The van der Waals surface area contributed by atoms with Crippen LogP contribution in [0.15, 0.2) is 48.5 Å². The maximum Gasteiger partial charge on any atom is 0.123 e. The fourth-order valence-electron chi connectivity index (χ4n) is 2.33. The molecule has 2 aromatic rings. The summed E-state index contributed by atoms with van der Waals surface area (Å²) in [5, 5.41) is 12.4. The summed E-state index contributed by atoms with van der Waals surface area (Å²) in [4.78, 5) is 2.23. The smallest absolute Gasteiger partial charge is 0.123 e. The average Bonchev–Trinajstić information content (AvgIpc) is 2.63. The van der Waals surface area contributed by atoms with Gasteiger partial charge in [0.25, 0.3) is 0 Å². The van der Waals surface area contributed by atoms with Crippen molar-refractivity contribution < 1.29 is 9.13 Å². The minimum atomic E-state index is -0.178. The number of rotatable bonds is 2. The van der Waals surface area contributed by atoms with E-state index in [1.54, 1.807) is 31.4 Å². The van der Waals surface area contributed by atoms with Crippen LogP contribution in [0.25, 0.3) is 0 Å². The van der Waals surface area contributed by atoms with Gasteiger partial charge in [-0.05, 0) is 30.3 Å². The molecule has 4 nitrogen and oxygen atoms in total. The van der Waals surface area contributed by atoms with E-state index in [1.807, 2.05) is 12.1 Å². The number of methoxy groups -OCH3 is 1. The van der Waals surface area contributed by atoms with Gasteiger partial charge in [0.1, 0.15) is 17.6 Å². The molecule has 0 saturated carbocycles. The Kier molecular flexibility index (Phi) is 6.40. The molecule has 2 aromatic carbocycles. The lowest BCUT2D eigenvalue weighted by molar-refractivity contribution is 0.414. The van der Waals surface area contributed by atoms with Crippen LogP contribution in [0.2, 0.25) is 0 Å². The first kappa shape index (κ1) is 16.8. The summed E-state index contributed by atoms with van der Waals surface area (Å²) in [7, 11) is 1.61. The van der Waals surface area contributed by atoms with E-state index in [4.69, 9.17) is 10.00 Å². The van der Waals surface area contributed by atoms with Crippen LogP contribution >= 0.6 is 0 Å². The normalized spacial score (nSPS) is 13.5. The van der Waals surface area contributed by atoms with Crippen LogP contribution in [0, 0.1) is 17.1 Å². The molecule has 0 unspecified atom stereocenters. The second kappa shape index (κ2) is 8.76. The van der Waals surface area contributed by atoms with Gasteiger partial charge in [-0.15, -0.1) is 0 Å². The first-order valence-corrected chi connectivity index (χ1v) is 7.49. The van der Waals surface area contributed by atoms with Crippen molar-refractivity contribution in [1.29, 1.82) is 5.26 Å². The number of benzene rings is 2. The van der Waals surface area contributed by atoms with Crippen molar-refractivity contribution in [2.45, 2.75) is 0 Å². The van der Waals surface area contributed by atoms with Crippen molar-refractivity contribution in [1.82, 2.24) is 5.32 Å². The standard InChI is InChI=1S/C12H15N3O.C6H5F/c1-16-11-2-3-12(10(8-11)9-13)15-6-4-14-5-7-15;7-6-4-2-1-3-5-6/h2-3,8,14H,4-7H2,1H3;1-5H. The topological polar surface area (TPSA) is 48.3 Å². The average molecular weight is 313 g/mol. The number of halogens is 1. The number of hydrogen-bond acceptors (Lipinski definition) is 4. The van der Waals surface area contributed by atoms with Gasteiger partial charge in [-0.25, -0.2) is 4.39 Å². The van der Waals surface area contributed by atoms with Crippen molar-refractivity contribution in [3.8, 4) is 11.8 Å². The number of nitrogens with one attached hydrogen (secondary N) is 1. The summed E-state index contributed by atoms with van der Waals surface area (Å²) in [5.74, 6) is 0.554. The van der Waals surface area contributed by atoms with Crippen molar-refractivity contribution >= 4 is 5.69 Å². The lowest BCUT2D eigenvalue weighted by Crippen LogP contribution is -2.43. The predicted molar refractivity (Wildman–Crippen MR) is 89.2 cm³/mol. The third-order valence-corrected chi connectivity index (χ3v) is 3.51. The van der Waals surface area contributed by atoms with Gasteiger partial charge in [0.2, 0.25) is 0 Å². The molecule has 0 atom stereocenters. The molecule has 5 heteroatoms. The molecule has 0 bridgehead atoms. The molecule has 1 saturated heterocycles. The molecule has 23 heavy (non-hydrogen) atoms. The quantitative estimate of drug-likeness (QED) is 0.926. The van der Waals surface area contributed by atoms with Gasteiger partial charge in [0.15, 0.2) is 0 Å². The molecular weight excluding hydrogens is 293 g/mol. The maximum atomic E-state index is 11.9. The highest BCUT2D eigenvalue weighted by Gasteiger charge is 2.14. The zero-order valence-electron chi connectivity index (χ0n) is 13.1. The Hall–Kier alpha value is -2.58. The molecule has 0 amide bonds. The van der Waals surface area contributed by atoms with Crippen molar-refractivity contribution in [3.05, 3.63) is 59.9 Å². The third-order valence-electron chi connectivity index (χ3n) is 3.51. The molecule has 0 aliphatic carbocycles. The summed E-state index contributed by atoms with van der Waals surface area (Å²) in [6.07, 6.45) is 0. The molecule has 1 heterocycles. The van der Waals surface area contributed by atoms with Gasteiger partial charge < -0.3 is 15.0 Å². The Labute approximate surface area is 136 Å². The number of piperazine rings is 1. The second-order valence-corrected chi connectivity index (χ2v) is 5.03. The van der Waals surface area contributed by atoms with Crippen LogP contribution in [-0.2, 0) is 0 Å². The van der Waals surface area contributed by atoms with Crippen molar-refractivity contribution in [3.63, 3.8) is 0 Å². The minimum absolute atomic E-state index is 0.178. The molecule has 0 spiro atoms. The van der Waals surface area contributed by atoms with Gasteiger partial charge in [-0.2, -0.15) is 5.26 Å². The number of nitrogens with zero attached hydrogens (tertiary/aromatic N) is 2. The molecular formula is C18H20FN3O. The van der Waals surface area contributed by atoms with Gasteiger partial charge in [0, 0.05) is 26.2 Å². The van der Waals surface area contributed by atoms with Gasteiger partial charge in [-0.3, -0.25) is 0 Å². The molecule has 1 aliphatic rings. The van der Waals surface area contributed by atoms with Crippen LogP contribution in [0.5, 0.6) is 5.75 Å². The molecule has 1 N–H and O–H groups in total. The van der Waals surface area contributed by atoms with E-state index in [2.05, 4.69) is 16.3 Å². The maximum absolute atomic E-state index is 11.9. The van der Waals surface area contributed by atoms with Crippen LogP contribution < -0.4 is 15.0 Å². The van der Waals surface area contributed by atoms with Gasteiger partial charge in [-0.1, -0.05) is 18.2 Å². The van der Waals surface area contributed by atoms with Gasteiger partial charge in [0.05, 0.1) is 18.4 Å². The molecule has 1 fully saturated rings. The first-order chi connectivity index (χ1) is 11.2. The lowest BCUT2D eigenvalue weighted by atomic mass is 10.1. The predicted octanol–water partition coefficient (Wildman–Crippen LogP) is 2.80. The highest BCUT2D eigenvalue weighted by atomic mass is 19.1. The Balaban J connectivity index is 0.000000229. The van der Waals surface area contributed by atoms with Crippen LogP contribution in [0.1, 0.15) is 5.56 Å². The van der Waals surface area contributed by atoms with Crippen molar-refractivity contribution in [2.75, 3.05) is 38.2 Å². The Morgan fingerprint density at radius 1 is 1.13 bits per heavy atom. The van der Waals surface area contributed by atoms with Gasteiger partial charge >= 0.3 is 0 Å². The fraction of sp³-hybridized carbons (Fsp3) is 0.278. The van der Waals surface area contributed by atoms with Crippen LogP contribution in [0.3, 0.4) is 0 Å². The Morgan fingerprint density at radius 3 is 2.35 bits per heavy atom. The van der Waals surface area contributed by atoms with E-state index < -0.39 is 0 Å². The lowest BCUT2D eigenvalue weighted by Gasteiger charge is -2.30. The summed E-state index contributed by atoms with van der Waals surface area (Å²) in [6, 6.07) is 15.8. The highest BCUT2D eigenvalue weighted by molar-refractivity contribution is 5.61. The Bertz CT molecular complexity index is 649. The van der Waals surface area contributed by atoms with E-state index in [1.165, 1.54) is 12.1 Å². The largest absolute Gasteiger partial charge is 0.497 e. The number of nitriles is 1. The second-order valence-electron chi connectivity index (χ2n) is 5.03. The minimum Gasteiger partial charge on any atom is -0.497 e. The molecule has 3 rings (SSSR count). The molecule has 0 aromatic heterocycles. The summed E-state index contributed by atoms with van der Waals surface area (Å²) in [5.41, 5.74) is 1.69. The molecule has 120 valence electrons. The monoisotopic (exact) mass is 313 g/mol. The van der Waals surface area contributed by atoms with E-state index in [9.17, 15) is 4.39 Å². The fourth-order valence-corrected chi connectivity index (χ4v) is 2.33. The first-order valence-electron chi connectivity index (χ1n) is 7.49. The van der Waals surface area contributed by atoms with E-state index in [0.717, 1.165) is 37.6 Å². The van der Waals surface area contributed by atoms with Crippen LogP contribution in [-0.4, -0.2) is 33.3 Å². The summed E-state index contributed by atoms with van der Waals surface area (Å²) in [6.45, 7) is 3.83. The zero-order chi connectivity index (χ0) is 16.5. The number of ether oxygens (including phenoxy) is 1. The Morgan fingerprint density at radius 2 is 1.83 bits per heavy atom. The highest BCUT2D eigenvalue weighted by Crippen LogP contribution is 2.25. The van der Waals surface area contributed by atoms with E-state index >= 15 is 0 Å². The SMILES string of the molecule is COc1ccc(N2CCNCC2)c(C#N)c1.Fc1ccccc1. The molecule has 0 radical (unpaired) electrons. The van der Waals surface area contributed by atoms with E-state index in [-0.39, 0.29) is 5.82 Å². The zero-order valence-corrected chi connectivity index (χ0v) is 13.1. The van der Waals surface area contributed by atoms with Crippen molar-refractivity contribution in [2.24, 2.45) is 0 Å². The summed E-state index contributed by atoms with van der Waals surface area (Å²) < 4.78 is 17.0. The van der Waals surface area contributed by atoms with E-state index in [0.29, 0.717) is 5.56 Å².